The second kappa shape index (κ2) is 26.2. The zero-order chi connectivity index (χ0) is 19.8. The first kappa shape index (κ1) is 29.4. The van der Waals surface area contributed by atoms with Crippen LogP contribution in [0.3, 0.4) is 0 Å². The van der Waals surface area contributed by atoms with Crippen LogP contribution in [0.2, 0.25) is 0 Å². The van der Waals surface area contributed by atoms with E-state index >= 15 is 0 Å². The number of carboxylic acids is 1. The van der Waals surface area contributed by atoms with E-state index in [1.54, 1.807) is 0 Å². The smallest absolute Gasteiger partial charge is 0.303 e. The van der Waals surface area contributed by atoms with Gasteiger partial charge in [-0.05, 0) is 31.1 Å². The Bertz CT molecular complexity index is 451. The molecule has 0 atom stereocenters. The quantitative estimate of drug-likeness (QED) is 0.156. The van der Waals surface area contributed by atoms with Crippen molar-refractivity contribution < 1.29 is 9.90 Å². The molecule has 0 aromatic carbocycles. The monoisotopic (exact) mass is 381 g/mol. The van der Waals surface area contributed by atoms with E-state index in [0.717, 1.165) is 38.5 Å². The molecule has 1 radical (unpaired) electrons. The number of aliphatic carboxylic acids is 1. The minimum atomic E-state index is -0.681. The zero-order valence-electron chi connectivity index (χ0n) is 18.8. The van der Waals surface area contributed by atoms with Crippen molar-refractivity contribution in [1.29, 1.82) is 0 Å². The van der Waals surface area contributed by atoms with Crippen LogP contribution in [0.1, 0.15) is 129 Å². The summed E-state index contributed by atoms with van der Waals surface area (Å²) in [5.41, 5.74) is 0. The molecule has 0 fully saturated rings. The molecule has 155 valence electrons. The average molecular weight is 382 g/mol. The summed E-state index contributed by atoms with van der Waals surface area (Å²) < 4.78 is 0. The van der Waals surface area contributed by atoms with Crippen LogP contribution >= 0.6 is 0 Å². The first-order chi connectivity index (χ1) is 13.3. The van der Waals surface area contributed by atoms with Gasteiger partial charge in [-0.15, -0.1) is 0 Å². The number of rotatable bonds is 18. The third-order valence-electron chi connectivity index (χ3n) is 4.84. The van der Waals surface area contributed by atoms with Crippen LogP contribution in [-0.4, -0.2) is 29.9 Å². The van der Waals surface area contributed by atoms with Crippen molar-refractivity contribution in [1.82, 2.24) is 0 Å². The van der Waals surface area contributed by atoms with E-state index in [9.17, 15) is 4.79 Å². The van der Waals surface area contributed by atoms with Gasteiger partial charge in [-0.1, -0.05) is 102 Å². The standard InChI is InChI=1S/C25H42O2.Li/c1-2-3-4-5-6-7-8-9-10-11-12-13-14-15-16-17-18-19-20-21-22-23-24-25(26)27;/h2-12,17-24H2,1H3,(H,26,27);. The van der Waals surface area contributed by atoms with Gasteiger partial charge in [0.1, 0.15) is 0 Å². The van der Waals surface area contributed by atoms with Crippen molar-refractivity contribution >= 4 is 24.8 Å². The van der Waals surface area contributed by atoms with Crippen LogP contribution in [-0.2, 0) is 4.79 Å². The maximum Gasteiger partial charge on any atom is 0.303 e. The Morgan fingerprint density at radius 1 is 0.607 bits per heavy atom. The van der Waals surface area contributed by atoms with Gasteiger partial charge in [0.05, 0.1) is 0 Å². The maximum absolute atomic E-state index is 10.4. The number of hydrogen-bond donors (Lipinski definition) is 1. The number of carboxylic acid groups (broad SMARTS) is 1. The van der Waals surface area contributed by atoms with Gasteiger partial charge in [-0.25, -0.2) is 0 Å². The molecule has 0 aliphatic rings. The molecule has 2 nitrogen and oxygen atoms in total. The van der Waals surface area contributed by atoms with E-state index in [4.69, 9.17) is 5.11 Å². The maximum atomic E-state index is 10.4. The second-order valence-electron chi connectivity index (χ2n) is 7.55. The van der Waals surface area contributed by atoms with Crippen LogP contribution in [0.4, 0.5) is 0 Å². The molecule has 0 spiro atoms. The molecule has 0 saturated carbocycles. The average Bonchev–Trinajstić information content (AvgIpc) is 2.65. The van der Waals surface area contributed by atoms with Gasteiger partial charge < -0.3 is 5.11 Å². The van der Waals surface area contributed by atoms with Gasteiger partial charge in [0.2, 0.25) is 0 Å². The minimum absolute atomic E-state index is 0. The van der Waals surface area contributed by atoms with Crippen LogP contribution < -0.4 is 0 Å². The van der Waals surface area contributed by atoms with Gasteiger partial charge in [-0.3, -0.25) is 4.79 Å². The zero-order valence-corrected chi connectivity index (χ0v) is 18.8. The molecule has 0 aromatic heterocycles. The number of unbranched alkanes of at least 4 members (excludes halogenated alkanes) is 16. The minimum Gasteiger partial charge on any atom is -0.481 e. The van der Waals surface area contributed by atoms with Crippen molar-refractivity contribution in [3.05, 3.63) is 0 Å². The van der Waals surface area contributed by atoms with Crippen molar-refractivity contribution in [2.75, 3.05) is 0 Å². The molecule has 0 bridgehead atoms. The van der Waals surface area contributed by atoms with Crippen molar-refractivity contribution in [3.63, 3.8) is 0 Å². The third kappa shape index (κ3) is 27.4. The summed E-state index contributed by atoms with van der Waals surface area (Å²) in [6, 6.07) is 0. The fraction of sp³-hybridized carbons (Fsp3) is 0.800. The normalized spacial score (nSPS) is 9.61. The Labute approximate surface area is 187 Å². The molecule has 0 rings (SSSR count). The van der Waals surface area contributed by atoms with E-state index < -0.39 is 5.97 Å². The van der Waals surface area contributed by atoms with Crippen LogP contribution in [0.15, 0.2) is 0 Å². The van der Waals surface area contributed by atoms with Gasteiger partial charge in [-0.2, -0.15) is 0 Å². The summed E-state index contributed by atoms with van der Waals surface area (Å²) in [5, 5.41) is 8.55. The van der Waals surface area contributed by atoms with Crippen LogP contribution in [0.25, 0.3) is 0 Å². The molecule has 0 aliphatic heterocycles. The number of carbonyl (C=O) groups is 1. The summed E-state index contributed by atoms with van der Waals surface area (Å²) in [6.07, 6.45) is 22.4. The molecule has 0 unspecified atom stereocenters. The van der Waals surface area contributed by atoms with E-state index in [2.05, 4.69) is 30.6 Å². The van der Waals surface area contributed by atoms with Gasteiger partial charge in [0, 0.05) is 38.1 Å². The van der Waals surface area contributed by atoms with Crippen molar-refractivity contribution in [3.8, 4) is 23.7 Å². The fourth-order valence-corrected chi connectivity index (χ4v) is 3.11. The van der Waals surface area contributed by atoms with E-state index in [1.165, 1.54) is 77.0 Å². The Hall–Kier alpha value is -0.813. The van der Waals surface area contributed by atoms with Gasteiger partial charge in [0.25, 0.3) is 0 Å². The largest absolute Gasteiger partial charge is 0.481 e. The molecule has 0 amide bonds. The predicted molar refractivity (Wildman–Crippen MR) is 122 cm³/mol. The molecule has 0 aromatic rings. The summed E-state index contributed by atoms with van der Waals surface area (Å²) in [6.45, 7) is 2.27. The summed E-state index contributed by atoms with van der Waals surface area (Å²) in [4.78, 5) is 10.4. The first-order valence-electron chi connectivity index (χ1n) is 11.4. The summed E-state index contributed by atoms with van der Waals surface area (Å²) in [5.74, 6) is 11.6. The fourth-order valence-electron chi connectivity index (χ4n) is 3.11. The molecule has 0 aliphatic carbocycles. The van der Waals surface area contributed by atoms with Crippen LogP contribution in [0, 0.1) is 23.7 Å². The van der Waals surface area contributed by atoms with Crippen LogP contribution in [0.5, 0.6) is 0 Å². The molecule has 0 heterocycles. The topological polar surface area (TPSA) is 37.3 Å². The van der Waals surface area contributed by atoms with Crippen molar-refractivity contribution in [2.45, 2.75) is 129 Å². The molecular weight excluding hydrogens is 339 g/mol. The molecule has 1 N–H and O–H groups in total. The van der Waals surface area contributed by atoms with Gasteiger partial charge >= 0.3 is 5.97 Å². The Kier molecular flexibility index (Phi) is 27.5. The first-order valence-corrected chi connectivity index (χ1v) is 11.4. The second-order valence-corrected chi connectivity index (χ2v) is 7.55. The van der Waals surface area contributed by atoms with Gasteiger partial charge in [0.15, 0.2) is 0 Å². The van der Waals surface area contributed by atoms with E-state index in [1.807, 2.05) is 0 Å². The molecule has 28 heavy (non-hydrogen) atoms. The Morgan fingerprint density at radius 2 is 0.964 bits per heavy atom. The Balaban J connectivity index is 0. The molecular formula is C25H42LiO2. The molecule has 3 heteroatoms. The van der Waals surface area contributed by atoms with E-state index in [-0.39, 0.29) is 18.9 Å². The van der Waals surface area contributed by atoms with E-state index in [0.29, 0.717) is 6.42 Å². The summed E-state index contributed by atoms with van der Waals surface area (Å²) >= 11 is 0. The van der Waals surface area contributed by atoms with Crippen molar-refractivity contribution in [2.24, 2.45) is 0 Å². The summed E-state index contributed by atoms with van der Waals surface area (Å²) in [7, 11) is 0. The SMILES string of the molecule is CCCCCCCCCCCCC#CC#CCCCCCCCCC(=O)O.[Li]. The third-order valence-corrected chi connectivity index (χ3v) is 4.84. The predicted octanol–water partition coefficient (Wildman–Crippen LogP) is 7.13. The Morgan fingerprint density at radius 3 is 1.36 bits per heavy atom. The molecule has 0 saturated heterocycles. The number of hydrogen-bond acceptors (Lipinski definition) is 1.